The minimum Gasteiger partial charge on any atom is -0.353 e. The van der Waals surface area contributed by atoms with E-state index >= 15 is 0 Å². The zero-order valence-corrected chi connectivity index (χ0v) is 14.5. The third-order valence-electron chi connectivity index (χ3n) is 4.87. The van der Waals surface area contributed by atoms with Crippen LogP contribution in [0.15, 0.2) is 10.9 Å². The number of alkyl halides is 2. The monoisotopic (exact) mass is 362 g/mol. The van der Waals surface area contributed by atoms with E-state index in [4.69, 9.17) is 0 Å². The minimum atomic E-state index is -2.76. The number of fused-ring (bicyclic) bond motifs is 1. The molecule has 1 saturated heterocycles. The Hall–Kier alpha value is -2.58. The summed E-state index contributed by atoms with van der Waals surface area (Å²) in [7, 11) is 0. The van der Waals surface area contributed by atoms with E-state index in [1.54, 1.807) is 0 Å². The van der Waals surface area contributed by atoms with Gasteiger partial charge in [0.05, 0.1) is 0 Å². The zero-order chi connectivity index (χ0) is 18.3. The van der Waals surface area contributed by atoms with Crippen molar-refractivity contribution in [2.45, 2.75) is 32.6 Å². The summed E-state index contributed by atoms with van der Waals surface area (Å²) in [6.45, 7) is 4.43. The Kier molecular flexibility index (Phi) is 4.29. The average Bonchev–Trinajstić information content (AvgIpc) is 3.09. The van der Waals surface area contributed by atoms with E-state index in [-0.39, 0.29) is 5.95 Å². The summed E-state index contributed by atoms with van der Waals surface area (Å²) in [5.41, 5.74) is 1.33. The number of anilines is 2. The van der Waals surface area contributed by atoms with E-state index in [0.29, 0.717) is 26.2 Å². The van der Waals surface area contributed by atoms with E-state index < -0.39 is 17.7 Å². The Morgan fingerprint density at radius 1 is 1.08 bits per heavy atom. The van der Waals surface area contributed by atoms with Crippen molar-refractivity contribution < 1.29 is 8.78 Å². The number of rotatable bonds is 3. The second-order valence-electron chi connectivity index (χ2n) is 6.64. The summed E-state index contributed by atoms with van der Waals surface area (Å²) in [4.78, 5) is 31.3. The second-order valence-corrected chi connectivity index (χ2v) is 6.64. The third kappa shape index (κ3) is 3.13. The molecule has 1 fully saturated rings. The number of nitrogens with zero attached hydrogens (tertiary/aromatic N) is 5. The second kappa shape index (κ2) is 6.62. The van der Waals surface area contributed by atoms with E-state index in [1.807, 2.05) is 11.8 Å². The molecule has 2 aromatic rings. The van der Waals surface area contributed by atoms with Crippen LogP contribution in [0.2, 0.25) is 0 Å². The molecule has 7 nitrogen and oxygen atoms in total. The van der Waals surface area contributed by atoms with Crippen LogP contribution in [0.4, 0.5) is 20.5 Å². The molecule has 9 heteroatoms. The fourth-order valence-corrected chi connectivity index (χ4v) is 3.65. The van der Waals surface area contributed by atoms with Crippen molar-refractivity contribution in [2.24, 2.45) is 0 Å². The van der Waals surface area contributed by atoms with Gasteiger partial charge in [0.25, 0.3) is 12.0 Å². The average molecular weight is 362 g/mol. The lowest BCUT2D eigenvalue weighted by Crippen LogP contribution is -2.48. The molecular weight excluding hydrogens is 342 g/mol. The molecule has 0 unspecified atom stereocenters. The minimum absolute atomic E-state index is 0.205. The van der Waals surface area contributed by atoms with Crippen molar-refractivity contribution in [3.63, 3.8) is 0 Å². The van der Waals surface area contributed by atoms with E-state index in [1.165, 1.54) is 5.56 Å². The summed E-state index contributed by atoms with van der Waals surface area (Å²) in [6, 6.07) is 0.845. The summed E-state index contributed by atoms with van der Waals surface area (Å²) in [6.07, 6.45) is 0.337. The van der Waals surface area contributed by atoms with Crippen LogP contribution in [-0.2, 0) is 12.8 Å². The molecule has 0 amide bonds. The van der Waals surface area contributed by atoms with Crippen LogP contribution in [-0.4, -0.2) is 46.1 Å². The highest BCUT2D eigenvalue weighted by atomic mass is 19.3. The van der Waals surface area contributed by atoms with Gasteiger partial charge >= 0.3 is 0 Å². The molecule has 3 heterocycles. The standard InChI is InChI=1S/C17H20F2N6O/c1-10-20-12-4-2-3-11(12)16(21-10)24-5-7-25(8-6-24)17-22-13(15(18)19)9-14(26)23-17/h9,15H,2-8H2,1H3,(H,22,23,26). The highest BCUT2D eigenvalue weighted by Crippen LogP contribution is 2.29. The molecule has 2 aliphatic rings. The molecule has 1 aliphatic carbocycles. The molecule has 0 spiro atoms. The Labute approximate surface area is 149 Å². The van der Waals surface area contributed by atoms with Gasteiger partial charge in [-0.25, -0.2) is 23.7 Å². The molecular formula is C17H20F2N6O. The molecule has 138 valence electrons. The van der Waals surface area contributed by atoms with Crippen LogP contribution in [0.5, 0.6) is 0 Å². The number of aromatic amines is 1. The molecule has 0 saturated carbocycles. The lowest BCUT2D eigenvalue weighted by atomic mass is 10.2. The number of halogens is 2. The number of hydrogen-bond donors (Lipinski definition) is 1. The lowest BCUT2D eigenvalue weighted by Gasteiger charge is -2.36. The first-order valence-electron chi connectivity index (χ1n) is 8.77. The van der Waals surface area contributed by atoms with Gasteiger partial charge in [-0.3, -0.25) is 9.78 Å². The van der Waals surface area contributed by atoms with E-state index in [2.05, 4.69) is 24.8 Å². The number of nitrogens with one attached hydrogen (secondary N) is 1. The number of piperazine rings is 1. The third-order valence-corrected chi connectivity index (χ3v) is 4.87. The highest BCUT2D eigenvalue weighted by molar-refractivity contribution is 5.52. The maximum Gasteiger partial charge on any atom is 0.280 e. The first kappa shape index (κ1) is 16.9. The Balaban J connectivity index is 1.53. The van der Waals surface area contributed by atoms with Crippen LogP contribution in [0.25, 0.3) is 0 Å². The summed E-state index contributed by atoms with van der Waals surface area (Å²) in [5, 5.41) is 0. The maximum atomic E-state index is 12.9. The van der Waals surface area contributed by atoms with Crippen LogP contribution < -0.4 is 15.4 Å². The number of hydrogen-bond acceptors (Lipinski definition) is 6. The van der Waals surface area contributed by atoms with Crippen LogP contribution >= 0.6 is 0 Å². The number of aromatic nitrogens is 4. The van der Waals surface area contributed by atoms with Gasteiger partial charge in [0.2, 0.25) is 5.95 Å². The van der Waals surface area contributed by atoms with Gasteiger partial charge in [-0.1, -0.05) is 0 Å². The van der Waals surface area contributed by atoms with Crippen molar-refractivity contribution in [3.05, 3.63) is 39.2 Å². The van der Waals surface area contributed by atoms with Gasteiger partial charge in [0.1, 0.15) is 17.3 Å². The fraction of sp³-hybridized carbons (Fsp3) is 0.529. The molecule has 1 N–H and O–H groups in total. The smallest absolute Gasteiger partial charge is 0.280 e. The van der Waals surface area contributed by atoms with Crippen LogP contribution in [0.1, 0.15) is 35.6 Å². The molecule has 0 bridgehead atoms. The summed E-state index contributed by atoms with van der Waals surface area (Å²) in [5.74, 6) is 1.97. The van der Waals surface area contributed by atoms with Crippen molar-refractivity contribution in [1.29, 1.82) is 0 Å². The van der Waals surface area contributed by atoms with Crippen LogP contribution in [0.3, 0.4) is 0 Å². The van der Waals surface area contributed by atoms with Gasteiger partial charge in [0, 0.05) is 43.5 Å². The SMILES string of the molecule is Cc1nc2c(c(N3CCN(c4nc(C(F)F)cc(=O)[nH]4)CC3)n1)CCC2. The van der Waals surface area contributed by atoms with Crippen molar-refractivity contribution in [3.8, 4) is 0 Å². The highest BCUT2D eigenvalue weighted by Gasteiger charge is 2.26. The molecule has 26 heavy (non-hydrogen) atoms. The van der Waals surface area contributed by atoms with Gasteiger partial charge in [-0.15, -0.1) is 0 Å². The predicted molar refractivity (Wildman–Crippen MR) is 93.0 cm³/mol. The first-order chi connectivity index (χ1) is 12.5. The number of H-pyrrole nitrogens is 1. The van der Waals surface area contributed by atoms with Gasteiger partial charge < -0.3 is 9.80 Å². The Bertz CT molecular complexity index is 876. The van der Waals surface area contributed by atoms with Gasteiger partial charge in [-0.05, 0) is 26.2 Å². The molecule has 1 aliphatic heterocycles. The van der Waals surface area contributed by atoms with Gasteiger partial charge in [0.15, 0.2) is 0 Å². The van der Waals surface area contributed by atoms with E-state index in [0.717, 1.165) is 42.7 Å². The Morgan fingerprint density at radius 3 is 2.54 bits per heavy atom. The molecule has 0 radical (unpaired) electrons. The first-order valence-corrected chi connectivity index (χ1v) is 8.77. The maximum absolute atomic E-state index is 12.9. The topological polar surface area (TPSA) is 78.0 Å². The predicted octanol–water partition coefficient (Wildman–Crippen LogP) is 1.62. The summed E-state index contributed by atoms with van der Waals surface area (Å²) >= 11 is 0. The number of aryl methyl sites for hydroxylation is 2. The Morgan fingerprint density at radius 2 is 1.81 bits per heavy atom. The molecule has 0 aromatic carbocycles. The zero-order valence-electron chi connectivity index (χ0n) is 14.5. The van der Waals surface area contributed by atoms with Gasteiger partial charge in [-0.2, -0.15) is 0 Å². The molecule has 0 atom stereocenters. The molecule has 2 aromatic heterocycles. The quantitative estimate of drug-likeness (QED) is 0.894. The molecule has 4 rings (SSSR count). The summed E-state index contributed by atoms with van der Waals surface area (Å²) < 4.78 is 25.8. The largest absolute Gasteiger partial charge is 0.353 e. The normalized spacial score (nSPS) is 17.1. The van der Waals surface area contributed by atoms with Crippen molar-refractivity contribution >= 4 is 11.8 Å². The lowest BCUT2D eigenvalue weighted by molar-refractivity contribution is 0.146. The van der Waals surface area contributed by atoms with Crippen molar-refractivity contribution in [2.75, 3.05) is 36.0 Å². The van der Waals surface area contributed by atoms with Crippen LogP contribution in [0, 0.1) is 6.92 Å². The van der Waals surface area contributed by atoms with E-state index in [9.17, 15) is 13.6 Å². The fourth-order valence-electron chi connectivity index (χ4n) is 3.65. The van der Waals surface area contributed by atoms with Crippen molar-refractivity contribution in [1.82, 2.24) is 19.9 Å².